The van der Waals surface area contributed by atoms with Crippen LogP contribution in [0, 0.1) is 0 Å². The van der Waals surface area contributed by atoms with Crippen LogP contribution < -0.4 is 0 Å². The van der Waals surface area contributed by atoms with Crippen LogP contribution in [0.15, 0.2) is 0 Å². The molecule has 3 heteroatoms. The molecule has 0 aliphatic rings. The maximum atomic E-state index is 9.88. The Balaban J connectivity index is 2.81. The summed E-state index contributed by atoms with van der Waals surface area (Å²) in [4.78, 5) is 0. The summed E-state index contributed by atoms with van der Waals surface area (Å²) in [6.45, 7) is 4.25. The van der Waals surface area contributed by atoms with Crippen LogP contribution in [0.5, 0.6) is 5.75 Å². The largest absolute Gasteiger partial charge is 0.504 e. The van der Waals surface area contributed by atoms with Gasteiger partial charge in [-0.2, -0.15) is 5.10 Å². The fourth-order valence-electron chi connectivity index (χ4n) is 1.64. The Kier molecular flexibility index (Phi) is 3.98. The van der Waals surface area contributed by atoms with Gasteiger partial charge in [0.05, 0.1) is 5.69 Å². The standard InChI is InChI=1S/C11H20N2O/c1-4-6-8-10-11(14)9(7-5-2)12-13(10)3/h14H,4-8H2,1-3H3. The minimum Gasteiger partial charge on any atom is -0.504 e. The minimum absolute atomic E-state index is 0.419. The summed E-state index contributed by atoms with van der Waals surface area (Å²) in [7, 11) is 1.91. The van der Waals surface area contributed by atoms with Crippen LogP contribution in [-0.4, -0.2) is 14.9 Å². The van der Waals surface area contributed by atoms with Crippen LogP contribution in [-0.2, 0) is 19.9 Å². The monoisotopic (exact) mass is 196 g/mol. The average Bonchev–Trinajstić information content (AvgIpc) is 2.41. The fraction of sp³-hybridized carbons (Fsp3) is 0.727. The van der Waals surface area contributed by atoms with Gasteiger partial charge in [0.15, 0.2) is 5.75 Å². The Morgan fingerprint density at radius 3 is 2.50 bits per heavy atom. The van der Waals surface area contributed by atoms with E-state index in [-0.39, 0.29) is 0 Å². The van der Waals surface area contributed by atoms with E-state index in [0.717, 1.165) is 43.5 Å². The summed E-state index contributed by atoms with van der Waals surface area (Å²) in [6, 6.07) is 0. The molecule has 0 aliphatic carbocycles. The average molecular weight is 196 g/mol. The first-order chi connectivity index (χ1) is 6.70. The zero-order chi connectivity index (χ0) is 10.6. The molecule has 1 rings (SSSR count). The smallest absolute Gasteiger partial charge is 0.160 e. The van der Waals surface area contributed by atoms with E-state index in [1.807, 2.05) is 11.7 Å². The zero-order valence-corrected chi connectivity index (χ0v) is 9.38. The van der Waals surface area contributed by atoms with Crippen molar-refractivity contribution in [1.82, 2.24) is 9.78 Å². The summed E-state index contributed by atoms with van der Waals surface area (Å²) in [5.74, 6) is 0.419. The molecule has 0 radical (unpaired) electrons. The molecule has 1 heterocycles. The van der Waals surface area contributed by atoms with Gasteiger partial charge in [-0.25, -0.2) is 0 Å². The van der Waals surface area contributed by atoms with Crippen molar-refractivity contribution in [3.8, 4) is 5.75 Å². The van der Waals surface area contributed by atoms with Crippen molar-refractivity contribution in [2.45, 2.75) is 46.0 Å². The number of aryl methyl sites for hydroxylation is 2. The predicted molar refractivity (Wildman–Crippen MR) is 57.5 cm³/mol. The molecule has 0 aromatic carbocycles. The number of aromatic hydroxyl groups is 1. The van der Waals surface area contributed by atoms with Gasteiger partial charge in [-0.15, -0.1) is 0 Å². The van der Waals surface area contributed by atoms with Gasteiger partial charge in [0.1, 0.15) is 5.69 Å². The van der Waals surface area contributed by atoms with Gasteiger partial charge >= 0.3 is 0 Å². The van der Waals surface area contributed by atoms with E-state index in [0.29, 0.717) is 5.75 Å². The lowest BCUT2D eigenvalue weighted by Gasteiger charge is -2.00. The van der Waals surface area contributed by atoms with Gasteiger partial charge in [-0.3, -0.25) is 4.68 Å². The lowest BCUT2D eigenvalue weighted by atomic mass is 10.1. The number of nitrogens with zero attached hydrogens (tertiary/aromatic N) is 2. The minimum atomic E-state index is 0.419. The van der Waals surface area contributed by atoms with Gasteiger partial charge in [0.25, 0.3) is 0 Å². The lowest BCUT2D eigenvalue weighted by Crippen LogP contribution is -1.98. The SMILES string of the molecule is CCCCc1c(O)c(CCC)nn1C. The Morgan fingerprint density at radius 1 is 1.21 bits per heavy atom. The van der Waals surface area contributed by atoms with E-state index in [9.17, 15) is 5.11 Å². The number of aromatic nitrogens is 2. The van der Waals surface area contributed by atoms with Gasteiger partial charge in [-0.05, 0) is 19.3 Å². The second-order valence-corrected chi connectivity index (χ2v) is 3.72. The first-order valence-corrected chi connectivity index (χ1v) is 5.44. The molecule has 0 amide bonds. The van der Waals surface area contributed by atoms with Crippen molar-refractivity contribution in [1.29, 1.82) is 0 Å². The molecule has 0 aliphatic heterocycles. The molecular weight excluding hydrogens is 176 g/mol. The third-order valence-corrected chi connectivity index (χ3v) is 2.46. The molecule has 80 valence electrons. The van der Waals surface area contributed by atoms with Crippen molar-refractivity contribution in [2.24, 2.45) is 7.05 Å². The van der Waals surface area contributed by atoms with Crippen LogP contribution in [0.2, 0.25) is 0 Å². The molecule has 0 spiro atoms. The van der Waals surface area contributed by atoms with Crippen LogP contribution in [0.25, 0.3) is 0 Å². The topological polar surface area (TPSA) is 38.1 Å². The molecule has 0 atom stereocenters. The van der Waals surface area contributed by atoms with E-state index in [4.69, 9.17) is 0 Å². The Hall–Kier alpha value is -0.990. The summed E-state index contributed by atoms with van der Waals surface area (Å²) in [6.07, 6.45) is 5.07. The molecule has 0 fully saturated rings. The van der Waals surface area contributed by atoms with Crippen molar-refractivity contribution >= 4 is 0 Å². The molecular formula is C11H20N2O. The van der Waals surface area contributed by atoms with Gasteiger partial charge in [0.2, 0.25) is 0 Å². The van der Waals surface area contributed by atoms with Gasteiger partial charge in [-0.1, -0.05) is 26.7 Å². The Labute approximate surface area is 85.8 Å². The molecule has 1 aromatic rings. The molecule has 0 bridgehead atoms. The van der Waals surface area contributed by atoms with Crippen LogP contribution in [0.3, 0.4) is 0 Å². The quantitative estimate of drug-likeness (QED) is 0.785. The highest BCUT2D eigenvalue weighted by atomic mass is 16.3. The van der Waals surface area contributed by atoms with Crippen molar-refractivity contribution in [3.63, 3.8) is 0 Å². The highest BCUT2D eigenvalue weighted by molar-refractivity contribution is 5.32. The molecule has 3 nitrogen and oxygen atoms in total. The summed E-state index contributed by atoms with van der Waals surface area (Å²) in [5.41, 5.74) is 1.83. The number of unbranched alkanes of at least 4 members (excludes halogenated alkanes) is 1. The van der Waals surface area contributed by atoms with Gasteiger partial charge in [0, 0.05) is 7.05 Å². The lowest BCUT2D eigenvalue weighted by molar-refractivity contribution is 0.458. The van der Waals surface area contributed by atoms with E-state index in [2.05, 4.69) is 18.9 Å². The second kappa shape index (κ2) is 5.03. The van der Waals surface area contributed by atoms with Crippen molar-refractivity contribution < 1.29 is 5.11 Å². The van der Waals surface area contributed by atoms with Crippen LogP contribution in [0.4, 0.5) is 0 Å². The summed E-state index contributed by atoms with van der Waals surface area (Å²) >= 11 is 0. The van der Waals surface area contributed by atoms with E-state index >= 15 is 0 Å². The van der Waals surface area contributed by atoms with Crippen molar-refractivity contribution in [3.05, 3.63) is 11.4 Å². The molecule has 0 saturated carbocycles. The number of hydrogen-bond acceptors (Lipinski definition) is 2. The fourth-order valence-corrected chi connectivity index (χ4v) is 1.64. The zero-order valence-electron chi connectivity index (χ0n) is 9.38. The molecule has 14 heavy (non-hydrogen) atoms. The molecule has 0 unspecified atom stereocenters. The maximum absolute atomic E-state index is 9.88. The summed E-state index contributed by atoms with van der Waals surface area (Å²) < 4.78 is 1.82. The predicted octanol–water partition coefficient (Wildman–Crippen LogP) is 2.42. The van der Waals surface area contributed by atoms with Crippen molar-refractivity contribution in [2.75, 3.05) is 0 Å². The first-order valence-electron chi connectivity index (χ1n) is 5.44. The van der Waals surface area contributed by atoms with Crippen LogP contribution in [0.1, 0.15) is 44.5 Å². The third-order valence-electron chi connectivity index (χ3n) is 2.46. The summed E-state index contributed by atoms with van der Waals surface area (Å²) in [5, 5.41) is 14.2. The Bertz CT molecular complexity index is 292. The maximum Gasteiger partial charge on any atom is 0.160 e. The van der Waals surface area contributed by atoms with Crippen LogP contribution >= 0.6 is 0 Å². The molecule has 1 aromatic heterocycles. The van der Waals surface area contributed by atoms with Gasteiger partial charge < -0.3 is 5.11 Å². The third kappa shape index (κ3) is 2.28. The number of rotatable bonds is 5. The number of hydrogen-bond donors (Lipinski definition) is 1. The molecule has 1 N–H and O–H groups in total. The first kappa shape index (κ1) is 11.1. The second-order valence-electron chi connectivity index (χ2n) is 3.72. The molecule has 0 saturated heterocycles. The highest BCUT2D eigenvalue weighted by Gasteiger charge is 2.13. The van der Waals surface area contributed by atoms with E-state index < -0.39 is 0 Å². The normalized spacial score (nSPS) is 10.8. The highest BCUT2D eigenvalue weighted by Crippen LogP contribution is 2.24. The van der Waals surface area contributed by atoms with E-state index in [1.165, 1.54) is 0 Å². The Morgan fingerprint density at radius 2 is 1.93 bits per heavy atom. The van der Waals surface area contributed by atoms with E-state index in [1.54, 1.807) is 0 Å².